The van der Waals surface area contributed by atoms with Gasteiger partial charge in [0.05, 0.1) is 36.6 Å². The molecule has 4 aliphatic heterocycles. The standard InChI is InChI=1S/C63H85N13O15S.3ClH/c1-33-4-13-40(14-5-33)73-21-23-74(24-22-73)41-15-11-39(12-16-41)61-72-71-60(92-61)38-9-7-37(8-10-38)55(84)67-44-28-42(78)30-66-59(88)53-54(83)34(2)31-76(53)63(90)52(47(81)18-19-64)70-58(87)51(48(82)26-36-6-17-46(80)49(27-36)91-25-20-65)69-57(86)45-29-43(79)32-75(45)62(89)50(35(3)77)68-56(44)85;;;/h6-12,15-17,27,34-35,40,42-45,47-48,50-54,77-83H,1,4-5,13-14,18-26,28-32,64-65H2,2-3H3,(H,66,88)(H,67,84)(H,68,85)(H,69,86)(H,70,87);3*1H/t34-,35+,42+,43+,44-,45-,47+,48+,50-,51-,52-,53-,54-;;;/m0.../s1. The smallest absolute Gasteiger partial charge is 0.251 e. The van der Waals surface area contributed by atoms with Crippen LogP contribution in [0.15, 0.2) is 78.9 Å². The Morgan fingerprint density at radius 2 is 1.35 bits per heavy atom. The minimum Gasteiger partial charge on any atom is -0.504 e. The maximum absolute atomic E-state index is 14.7. The molecule has 5 heterocycles. The zero-order valence-corrected chi connectivity index (χ0v) is 56.0. The molecule has 0 spiro atoms. The summed E-state index contributed by atoms with van der Waals surface area (Å²) in [5.41, 5.74) is 15.7. The molecule has 1 saturated carbocycles. The third-order valence-corrected chi connectivity index (χ3v) is 18.9. The number of halogens is 3. The topological polar surface area (TPSA) is 421 Å². The second kappa shape index (κ2) is 34.9. The van der Waals surface area contributed by atoms with Crippen molar-refractivity contribution >= 4 is 95.6 Å². The molecule has 32 heteroatoms. The molecule has 13 atom stereocenters. The number of aliphatic hydroxyl groups is 6. The van der Waals surface area contributed by atoms with Crippen molar-refractivity contribution < 1.29 is 74.0 Å². The molecule has 0 bridgehead atoms. The van der Waals surface area contributed by atoms with E-state index >= 15 is 0 Å². The third kappa shape index (κ3) is 18.8. The number of nitrogens with two attached hydrogens (primary N) is 2. The first kappa shape index (κ1) is 77.2. The summed E-state index contributed by atoms with van der Waals surface area (Å²) >= 11 is 1.35. The number of β-amino-alcohol motifs (C(OH)–C–C–N with tert-alkyl or cyclic N) is 1. The largest absolute Gasteiger partial charge is 0.504 e. The number of piperazine rings is 1. The fourth-order valence-electron chi connectivity index (χ4n) is 12.6. The zero-order valence-electron chi connectivity index (χ0n) is 52.7. The molecule has 28 nitrogen and oxygen atoms in total. The van der Waals surface area contributed by atoms with Crippen molar-refractivity contribution in [2.75, 3.05) is 70.4 Å². The lowest BCUT2D eigenvalue weighted by Gasteiger charge is -2.41. The van der Waals surface area contributed by atoms with E-state index in [9.17, 15) is 69.3 Å². The summed E-state index contributed by atoms with van der Waals surface area (Å²) in [6.45, 7) is 9.14. The van der Waals surface area contributed by atoms with Crippen molar-refractivity contribution in [3.8, 4) is 32.6 Å². The highest BCUT2D eigenvalue weighted by atomic mass is 35.5. The van der Waals surface area contributed by atoms with Crippen LogP contribution in [-0.4, -0.2) is 246 Å². The first-order valence-corrected chi connectivity index (χ1v) is 32.1. The lowest BCUT2D eigenvalue weighted by Crippen LogP contribution is -2.64. The predicted molar refractivity (Wildman–Crippen MR) is 359 cm³/mol. The molecule has 522 valence electrons. The number of carbonyl (C=O) groups is 7. The van der Waals surface area contributed by atoms with E-state index < -0.39 is 152 Å². The number of fused-ring (bicyclic) bond motifs is 2. The van der Waals surface area contributed by atoms with Crippen molar-refractivity contribution in [3.05, 3.63) is 90.0 Å². The van der Waals surface area contributed by atoms with E-state index in [0.29, 0.717) is 21.6 Å². The summed E-state index contributed by atoms with van der Waals surface area (Å²) in [5, 5.41) is 102. The molecule has 7 amide bonds. The first-order chi connectivity index (χ1) is 44.0. The van der Waals surface area contributed by atoms with Gasteiger partial charge in [0, 0.05) is 106 Å². The minimum absolute atomic E-state index is 0. The second-order valence-corrected chi connectivity index (χ2v) is 25.5. The summed E-state index contributed by atoms with van der Waals surface area (Å²) in [5.74, 6) is -8.62. The number of amides is 7. The number of aliphatic hydroxyl groups excluding tert-OH is 6. The van der Waals surface area contributed by atoms with Crippen LogP contribution < -0.4 is 47.7 Å². The fourth-order valence-corrected chi connectivity index (χ4v) is 13.4. The Bertz CT molecular complexity index is 3290. The molecule has 9 rings (SSSR count). The van der Waals surface area contributed by atoms with Crippen molar-refractivity contribution in [3.63, 3.8) is 0 Å². The highest BCUT2D eigenvalue weighted by Gasteiger charge is 2.50. The van der Waals surface area contributed by atoms with E-state index in [1.807, 2.05) is 12.1 Å². The molecular weight excluding hydrogens is 1320 g/mol. The Hall–Kier alpha value is -6.84. The Morgan fingerprint density at radius 3 is 1.97 bits per heavy atom. The van der Waals surface area contributed by atoms with Crippen LogP contribution in [0.25, 0.3) is 21.1 Å². The third-order valence-electron chi connectivity index (χ3n) is 17.8. The lowest BCUT2D eigenvalue weighted by molar-refractivity contribution is -0.147. The average Bonchev–Trinajstić information content (AvgIpc) is 1.69. The summed E-state index contributed by atoms with van der Waals surface area (Å²) in [6, 6.07) is 8.13. The maximum Gasteiger partial charge on any atom is 0.251 e. The van der Waals surface area contributed by atoms with Crippen LogP contribution in [-0.2, 0) is 35.2 Å². The molecular formula is C63H88Cl3N13O15S. The molecule has 3 aromatic carbocycles. The highest BCUT2D eigenvalue weighted by molar-refractivity contribution is 7.17. The van der Waals surface area contributed by atoms with Gasteiger partial charge in [0.15, 0.2) is 11.5 Å². The highest BCUT2D eigenvalue weighted by Crippen LogP contribution is 2.34. The number of phenols is 1. The van der Waals surface area contributed by atoms with Gasteiger partial charge in [-0.05, 0) is 99.7 Å². The maximum atomic E-state index is 14.7. The Labute approximate surface area is 572 Å². The Morgan fingerprint density at radius 1 is 0.737 bits per heavy atom. The van der Waals surface area contributed by atoms with E-state index in [1.165, 1.54) is 67.0 Å². The predicted octanol–water partition coefficient (Wildman–Crippen LogP) is -0.901. The first-order valence-electron chi connectivity index (χ1n) is 31.3. The van der Waals surface area contributed by atoms with E-state index in [2.05, 4.69) is 65.3 Å². The van der Waals surface area contributed by atoms with Gasteiger partial charge < -0.3 is 93.2 Å². The number of nitrogens with one attached hydrogen (secondary N) is 5. The van der Waals surface area contributed by atoms with Gasteiger partial charge in [-0.25, -0.2) is 0 Å². The summed E-state index contributed by atoms with van der Waals surface area (Å²) < 4.78 is 5.52. The van der Waals surface area contributed by atoms with Crippen LogP contribution in [0.2, 0.25) is 0 Å². The van der Waals surface area contributed by atoms with Crippen LogP contribution in [0, 0.1) is 5.92 Å². The van der Waals surface area contributed by atoms with Crippen LogP contribution >= 0.6 is 48.6 Å². The van der Waals surface area contributed by atoms with Crippen LogP contribution in [0.4, 0.5) is 5.69 Å². The summed E-state index contributed by atoms with van der Waals surface area (Å²) in [6.07, 6.45) is -7.29. The molecule has 5 aliphatic rings. The number of rotatable bonds is 16. The molecule has 95 heavy (non-hydrogen) atoms. The van der Waals surface area contributed by atoms with Gasteiger partial charge in [0.1, 0.15) is 52.9 Å². The molecule has 16 N–H and O–H groups in total. The van der Waals surface area contributed by atoms with Crippen LogP contribution in [0.3, 0.4) is 0 Å². The number of carbonyl (C=O) groups excluding carboxylic acids is 7. The van der Waals surface area contributed by atoms with Gasteiger partial charge in [0.25, 0.3) is 5.91 Å². The van der Waals surface area contributed by atoms with Crippen LogP contribution in [0.5, 0.6) is 11.5 Å². The molecule has 1 aliphatic carbocycles. The quantitative estimate of drug-likeness (QED) is 0.0605. The lowest BCUT2D eigenvalue weighted by atomic mass is 9.90. The van der Waals surface area contributed by atoms with Gasteiger partial charge in [-0.3, -0.25) is 38.5 Å². The molecule has 0 unspecified atom stereocenters. The summed E-state index contributed by atoms with van der Waals surface area (Å²) in [4.78, 5) is 108. The molecule has 5 fully saturated rings. The Kier molecular flexibility index (Phi) is 28.3. The van der Waals surface area contributed by atoms with E-state index in [0.717, 1.165) is 67.0 Å². The second-order valence-electron chi connectivity index (χ2n) is 24.6. The van der Waals surface area contributed by atoms with E-state index in [-0.39, 0.29) is 92.5 Å². The zero-order chi connectivity index (χ0) is 66.1. The van der Waals surface area contributed by atoms with Crippen molar-refractivity contribution in [1.82, 2.24) is 51.5 Å². The SMILES string of the molecule is C=C1CCC(N2CCN(c3ccc(-c4nnc(-c5ccc(C(=O)N[C@H]6C[C@@H](O)CNC(=O)[C@@H]7[C@@H](O)[C@@H](C)CN7C(=O)[C@H]([C@H](O)CCN)NC(=O)[C@H]([C@H](O)Cc7ccc(O)c(OCCN)c7)NC(=O)[C@@H]7C[C@@H](O)CN7C(=O)[C@H]([C@@H](C)O)NC6=O)cc5)s4)cc3)CC2)CC1.Cl.Cl.Cl. The molecule has 4 aromatic rings. The number of phenolic OH excluding ortho intramolecular Hbond substituents is 1. The van der Waals surface area contributed by atoms with Gasteiger partial charge >= 0.3 is 0 Å². The van der Waals surface area contributed by atoms with Crippen molar-refractivity contribution in [2.45, 2.75) is 144 Å². The number of ether oxygens (including phenoxy) is 1. The van der Waals surface area contributed by atoms with Gasteiger partial charge in [-0.15, -0.1) is 47.4 Å². The van der Waals surface area contributed by atoms with Crippen molar-refractivity contribution in [1.29, 1.82) is 0 Å². The molecule has 1 aromatic heterocycles. The fraction of sp³-hybridized carbons (Fsp3) is 0.540. The number of aromatic hydroxyl groups is 1. The number of hydrogen-bond acceptors (Lipinski definition) is 22. The Balaban J connectivity index is 0.00000476. The normalized spacial score (nSPS) is 26.3. The van der Waals surface area contributed by atoms with Crippen molar-refractivity contribution in [2.24, 2.45) is 17.4 Å². The minimum atomic E-state index is -2.04. The number of aromatic nitrogens is 2. The summed E-state index contributed by atoms with van der Waals surface area (Å²) in [7, 11) is 0. The van der Waals surface area contributed by atoms with Gasteiger partial charge in [-0.1, -0.05) is 48.6 Å². The van der Waals surface area contributed by atoms with Gasteiger partial charge in [-0.2, -0.15) is 0 Å². The number of anilines is 1. The average molecular weight is 1410 g/mol. The molecule has 0 radical (unpaired) electrons. The monoisotopic (exact) mass is 1400 g/mol. The van der Waals surface area contributed by atoms with E-state index in [1.54, 1.807) is 12.1 Å². The molecule has 4 saturated heterocycles. The number of benzene rings is 3. The number of allylic oxidation sites excluding steroid dienone is 1. The number of hydrogen-bond donors (Lipinski definition) is 14. The number of nitrogens with zero attached hydrogens (tertiary/aromatic N) is 6. The van der Waals surface area contributed by atoms with Crippen LogP contribution in [0.1, 0.15) is 74.7 Å². The van der Waals surface area contributed by atoms with E-state index in [4.69, 9.17) is 16.2 Å². The van der Waals surface area contributed by atoms with Gasteiger partial charge in [0.2, 0.25) is 35.4 Å².